The fourth-order valence-electron chi connectivity index (χ4n) is 2.16. The van der Waals surface area contributed by atoms with Crippen molar-refractivity contribution in [2.24, 2.45) is 0 Å². The lowest BCUT2D eigenvalue weighted by atomic mass is 10.3. The highest BCUT2D eigenvalue weighted by Crippen LogP contribution is 2.36. The first-order chi connectivity index (χ1) is 10.3. The molecule has 3 aromatic rings. The molecule has 2 aromatic heterocycles. The Morgan fingerprint density at radius 2 is 2.19 bits per heavy atom. The quantitative estimate of drug-likeness (QED) is 0.735. The molecule has 4 rings (SSSR count). The second-order valence-corrected chi connectivity index (χ2v) is 5.54. The maximum absolute atomic E-state index is 5.95. The van der Waals surface area contributed by atoms with Crippen LogP contribution < -0.4 is 9.47 Å². The number of fused-ring (bicyclic) bond motifs is 2. The predicted octanol–water partition coefficient (Wildman–Crippen LogP) is 1.84. The van der Waals surface area contributed by atoms with Crippen LogP contribution in [0.2, 0.25) is 0 Å². The van der Waals surface area contributed by atoms with Gasteiger partial charge in [0.2, 0.25) is 4.96 Å². The first kappa shape index (κ1) is 12.5. The first-order valence-corrected chi connectivity index (χ1v) is 7.25. The first-order valence-electron chi connectivity index (χ1n) is 6.43. The van der Waals surface area contributed by atoms with Crippen molar-refractivity contribution in [2.75, 3.05) is 13.7 Å². The molecule has 7 nitrogen and oxygen atoms in total. The minimum absolute atomic E-state index is 0.234. The highest BCUT2D eigenvalue weighted by Gasteiger charge is 2.26. The van der Waals surface area contributed by atoms with Crippen LogP contribution in [-0.4, -0.2) is 33.5 Å². The van der Waals surface area contributed by atoms with Gasteiger partial charge in [-0.1, -0.05) is 23.5 Å². The SMILES string of the molecule is COCc1nnc2sc(C3COc4ccccc4O3)nn12. The zero-order chi connectivity index (χ0) is 14.2. The van der Waals surface area contributed by atoms with Crippen LogP contribution in [0.1, 0.15) is 16.9 Å². The second-order valence-electron chi connectivity index (χ2n) is 4.55. The normalized spacial score (nSPS) is 17.3. The van der Waals surface area contributed by atoms with E-state index < -0.39 is 0 Å². The average molecular weight is 304 g/mol. The second kappa shape index (κ2) is 4.97. The van der Waals surface area contributed by atoms with Crippen LogP contribution in [0.4, 0.5) is 0 Å². The third-order valence-electron chi connectivity index (χ3n) is 3.13. The highest BCUT2D eigenvalue weighted by molar-refractivity contribution is 7.16. The summed E-state index contributed by atoms with van der Waals surface area (Å²) < 4.78 is 18.4. The van der Waals surface area contributed by atoms with Crippen LogP contribution in [0.15, 0.2) is 24.3 Å². The molecule has 0 fully saturated rings. The smallest absolute Gasteiger partial charge is 0.234 e. The van der Waals surface area contributed by atoms with Crippen molar-refractivity contribution in [3.05, 3.63) is 35.1 Å². The molecule has 3 heterocycles. The van der Waals surface area contributed by atoms with Gasteiger partial charge in [-0.3, -0.25) is 0 Å². The van der Waals surface area contributed by atoms with E-state index in [9.17, 15) is 0 Å². The largest absolute Gasteiger partial charge is 0.485 e. The van der Waals surface area contributed by atoms with E-state index in [4.69, 9.17) is 14.2 Å². The Morgan fingerprint density at radius 1 is 1.33 bits per heavy atom. The van der Waals surface area contributed by atoms with Crippen LogP contribution in [0.3, 0.4) is 0 Å². The van der Waals surface area contributed by atoms with Gasteiger partial charge in [-0.15, -0.1) is 10.2 Å². The number of methoxy groups -OCH3 is 1. The zero-order valence-corrected chi connectivity index (χ0v) is 12.0. The molecule has 0 saturated heterocycles. The van der Waals surface area contributed by atoms with Gasteiger partial charge in [-0.2, -0.15) is 9.61 Å². The monoisotopic (exact) mass is 304 g/mol. The van der Waals surface area contributed by atoms with E-state index in [-0.39, 0.29) is 6.10 Å². The van der Waals surface area contributed by atoms with E-state index in [1.54, 1.807) is 11.6 Å². The molecule has 0 N–H and O–H groups in total. The van der Waals surface area contributed by atoms with Crippen molar-refractivity contribution in [3.63, 3.8) is 0 Å². The Kier molecular flexibility index (Phi) is 2.97. The fourth-order valence-corrected chi connectivity index (χ4v) is 3.03. The number of hydrogen-bond donors (Lipinski definition) is 0. The molecular formula is C13H12N4O3S. The van der Waals surface area contributed by atoms with Crippen molar-refractivity contribution >= 4 is 16.3 Å². The van der Waals surface area contributed by atoms with Crippen LogP contribution in [0.5, 0.6) is 11.5 Å². The molecule has 0 spiro atoms. The fraction of sp³-hybridized carbons (Fsp3) is 0.308. The molecule has 108 valence electrons. The number of para-hydroxylation sites is 2. The number of hydrogen-bond acceptors (Lipinski definition) is 7. The van der Waals surface area contributed by atoms with Gasteiger partial charge in [0.05, 0.1) is 0 Å². The van der Waals surface area contributed by atoms with Gasteiger partial charge in [0, 0.05) is 7.11 Å². The van der Waals surface area contributed by atoms with Crippen LogP contribution in [0, 0.1) is 0 Å². The Hall–Kier alpha value is -2.19. The van der Waals surface area contributed by atoms with Gasteiger partial charge in [-0.25, -0.2) is 0 Å². The molecule has 0 radical (unpaired) electrons. The topological polar surface area (TPSA) is 70.8 Å². The molecule has 1 unspecified atom stereocenters. The van der Waals surface area contributed by atoms with E-state index in [1.807, 2.05) is 24.3 Å². The third-order valence-corrected chi connectivity index (χ3v) is 4.12. The van der Waals surface area contributed by atoms with Crippen molar-refractivity contribution in [2.45, 2.75) is 12.7 Å². The summed E-state index contributed by atoms with van der Waals surface area (Å²) in [6.45, 7) is 0.802. The van der Waals surface area contributed by atoms with Gasteiger partial charge in [0.1, 0.15) is 13.2 Å². The van der Waals surface area contributed by atoms with E-state index in [0.29, 0.717) is 19.0 Å². The Labute approximate surface area is 124 Å². The molecule has 1 aliphatic rings. The summed E-state index contributed by atoms with van der Waals surface area (Å²) in [7, 11) is 1.61. The van der Waals surface area contributed by atoms with Crippen molar-refractivity contribution < 1.29 is 14.2 Å². The van der Waals surface area contributed by atoms with Crippen LogP contribution in [-0.2, 0) is 11.3 Å². The Bertz CT molecular complexity index is 785. The van der Waals surface area contributed by atoms with Crippen LogP contribution >= 0.6 is 11.3 Å². The molecule has 0 bridgehead atoms. The molecule has 1 aromatic carbocycles. The maximum Gasteiger partial charge on any atom is 0.234 e. The molecule has 8 heteroatoms. The van der Waals surface area contributed by atoms with Gasteiger partial charge in [0.25, 0.3) is 0 Å². The van der Waals surface area contributed by atoms with E-state index >= 15 is 0 Å². The summed E-state index contributed by atoms with van der Waals surface area (Å²) >= 11 is 1.44. The van der Waals surface area contributed by atoms with Crippen molar-refractivity contribution in [1.82, 2.24) is 19.8 Å². The van der Waals surface area contributed by atoms with Gasteiger partial charge in [-0.05, 0) is 12.1 Å². The number of ether oxygens (including phenoxy) is 3. The summed E-state index contributed by atoms with van der Waals surface area (Å²) in [5.74, 6) is 2.17. The summed E-state index contributed by atoms with van der Waals surface area (Å²) in [4.78, 5) is 0.722. The summed E-state index contributed by atoms with van der Waals surface area (Å²) in [5, 5.41) is 13.4. The molecule has 1 aliphatic heterocycles. The Balaban J connectivity index is 1.65. The van der Waals surface area contributed by atoms with E-state index in [0.717, 1.165) is 21.5 Å². The maximum atomic E-state index is 5.95. The van der Waals surface area contributed by atoms with Gasteiger partial charge in [0.15, 0.2) is 28.4 Å². The van der Waals surface area contributed by atoms with E-state index in [1.165, 1.54) is 11.3 Å². The minimum Gasteiger partial charge on any atom is -0.485 e. The molecule has 0 aliphatic carbocycles. The van der Waals surface area contributed by atoms with Gasteiger partial charge < -0.3 is 14.2 Å². The highest BCUT2D eigenvalue weighted by atomic mass is 32.1. The van der Waals surface area contributed by atoms with Crippen molar-refractivity contribution in [3.8, 4) is 11.5 Å². The predicted molar refractivity (Wildman–Crippen MR) is 74.7 cm³/mol. The lowest BCUT2D eigenvalue weighted by Crippen LogP contribution is -2.21. The molecule has 0 saturated carbocycles. The molecule has 1 atom stereocenters. The minimum atomic E-state index is -0.234. The third kappa shape index (κ3) is 2.12. The standard InChI is InChI=1S/C13H12N4O3S/c1-18-7-11-14-15-13-17(11)16-12(21-13)10-6-19-8-4-2-3-5-9(8)20-10/h2-5,10H,6-7H2,1H3. The van der Waals surface area contributed by atoms with Gasteiger partial charge >= 0.3 is 0 Å². The zero-order valence-electron chi connectivity index (χ0n) is 11.2. The molecular weight excluding hydrogens is 292 g/mol. The lowest BCUT2D eigenvalue weighted by Gasteiger charge is -2.24. The number of nitrogens with zero attached hydrogens (tertiary/aromatic N) is 4. The number of benzene rings is 1. The Morgan fingerprint density at radius 3 is 3.05 bits per heavy atom. The van der Waals surface area contributed by atoms with Crippen LogP contribution in [0.25, 0.3) is 4.96 Å². The van der Waals surface area contributed by atoms with Crippen molar-refractivity contribution in [1.29, 1.82) is 0 Å². The summed E-state index contributed by atoms with van der Waals surface area (Å²) in [6.07, 6.45) is -0.234. The number of rotatable bonds is 3. The lowest BCUT2D eigenvalue weighted by molar-refractivity contribution is 0.0903. The molecule has 21 heavy (non-hydrogen) atoms. The molecule has 0 amide bonds. The summed E-state index contributed by atoms with van der Waals surface area (Å²) in [5.41, 5.74) is 0. The average Bonchev–Trinajstić information content (AvgIpc) is 3.09. The van der Waals surface area contributed by atoms with E-state index in [2.05, 4.69) is 15.3 Å². The number of aromatic nitrogens is 4. The summed E-state index contributed by atoms with van der Waals surface area (Å²) in [6, 6.07) is 7.61.